The van der Waals surface area contributed by atoms with Crippen molar-refractivity contribution >= 4 is 6.29 Å². The summed E-state index contributed by atoms with van der Waals surface area (Å²) in [6, 6.07) is 0. The van der Waals surface area contributed by atoms with Crippen molar-refractivity contribution in [1.82, 2.24) is 0 Å². The zero-order valence-electron chi connectivity index (χ0n) is 7.69. The molecule has 0 aromatic heterocycles. The summed E-state index contributed by atoms with van der Waals surface area (Å²) in [6.45, 7) is 0. The van der Waals surface area contributed by atoms with E-state index in [0.29, 0.717) is 12.8 Å². The molecule has 1 aliphatic carbocycles. The predicted octanol–water partition coefficient (Wildman–Crippen LogP) is 2.31. The molecule has 78 valence electrons. The molecule has 0 spiro atoms. The van der Waals surface area contributed by atoms with Crippen molar-refractivity contribution in [2.24, 2.45) is 5.92 Å². The van der Waals surface area contributed by atoms with Gasteiger partial charge in [-0.3, -0.25) is 6.29 Å². The first-order chi connectivity index (χ1) is 6.17. The van der Waals surface area contributed by atoms with Crippen molar-refractivity contribution in [3.05, 3.63) is 0 Å². The monoisotopic (exact) mass is 283 g/mol. The van der Waals surface area contributed by atoms with Crippen LogP contribution in [-0.4, -0.2) is 12.2 Å². The number of hydrogen-bond acceptors (Lipinski definition) is 1. The van der Waals surface area contributed by atoms with Gasteiger partial charge >= 0.3 is 5.92 Å². The Morgan fingerprint density at radius 1 is 1.43 bits per heavy atom. The molecule has 0 aromatic carbocycles. The van der Waals surface area contributed by atoms with Gasteiger partial charge in [0.1, 0.15) is 0 Å². The first-order valence-electron chi connectivity index (χ1n) is 4.39. The van der Waals surface area contributed by atoms with E-state index in [2.05, 4.69) is 5.92 Å². The van der Waals surface area contributed by atoms with Crippen molar-refractivity contribution < 1.29 is 34.6 Å². The number of hydrogen-bond donors (Lipinski definition) is 0. The van der Waals surface area contributed by atoms with Crippen LogP contribution < -0.4 is 0 Å². The summed E-state index contributed by atoms with van der Waals surface area (Å²) < 4.78 is 26.3. The maximum Gasteiger partial charge on any atom is 0.308 e. The van der Waals surface area contributed by atoms with E-state index in [1.165, 1.54) is 0 Å². The Morgan fingerprint density at radius 3 is 2.79 bits per heavy atom. The van der Waals surface area contributed by atoms with Gasteiger partial charge in [-0.25, -0.2) is 0 Å². The SMILES string of the molecule is O=[C-]CC1CCCCC#CC1(F)F.[Mo]. The summed E-state index contributed by atoms with van der Waals surface area (Å²) >= 11 is 0. The normalized spacial score (nSPS) is 24.6. The topological polar surface area (TPSA) is 17.1 Å². The van der Waals surface area contributed by atoms with Crippen LogP contribution in [0.2, 0.25) is 0 Å². The van der Waals surface area contributed by atoms with Crippen LogP contribution >= 0.6 is 0 Å². The molecule has 0 N–H and O–H groups in total. The third-order valence-electron chi connectivity index (χ3n) is 2.20. The molecule has 0 saturated heterocycles. The summed E-state index contributed by atoms with van der Waals surface area (Å²) in [7, 11) is 0. The Labute approximate surface area is 96.9 Å². The second-order valence-corrected chi connectivity index (χ2v) is 3.22. The molecule has 1 unspecified atom stereocenters. The first-order valence-corrected chi connectivity index (χ1v) is 4.39. The van der Waals surface area contributed by atoms with Gasteiger partial charge in [0.15, 0.2) is 0 Å². The molecule has 1 rings (SSSR count). The minimum absolute atomic E-state index is 0. The summed E-state index contributed by atoms with van der Waals surface area (Å²) in [5, 5.41) is 0. The van der Waals surface area contributed by atoms with E-state index in [1.54, 1.807) is 6.29 Å². The zero-order valence-corrected chi connectivity index (χ0v) is 9.69. The van der Waals surface area contributed by atoms with Gasteiger partial charge in [0.25, 0.3) is 0 Å². The van der Waals surface area contributed by atoms with Crippen LogP contribution in [0, 0.1) is 17.8 Å². The van der Waals surface area contributed by atoms with Gasteiger partial charge in [-0.15, -0.1) is 6.42 Å². The minimum atomic E-state index is -3.00. The van der Waals surface area contributed by atoms with Crippen LogP contribution in [0.25, 0.3) is 0 Å². The van der Waals surface area contributed by atoms with E-state index in [-0.39, 0.29) is 27.5 Å². The van der Waals surface area contributed by atoms with Gasteiger partial charge < -0.3 is 4.79 Å². The second-order valence-electron chi connectivity index (χ2n) is 3.22. The van der Waals surface area contributed by atoms with E-state index in [0.717, 1.165) is 12.8 Å². The molecule has 14 heavy (non-hydrogen) atoms. The summed E-state index contributed by atoms with van der Waals surface area (Å²) in [5.41, 5.74) is 0. The molecule has 0 bridgehead atoms. The maximum absolute atomic E-state index is 13.1. The van der Waals surface area contributed by atoms with Crippen LogP contribution in [-0.2, 0) is 25.9 Å². The molecule has 4 heteroatoms. The Kier molecular flexibility index (Phi) is 6.20. The fourth-order valence-corrected chi connectivity index (χ4v) is 1.40. The van der Waals surface area contributed by atoms with Gasteiger partial charge in [0.05, 0.1) is 0 Å². The van der Waals surface area contributed by atoms with Crippen LogP contribution in [0.5, 0.6) is 0 Å². The Bertz CT molecular complexity index is 242. The predicted molar refractivity (Wildman–Crippen MR) is 45.0 cm³/mol. The van der Waals surface area contributed by atoms with E-state index in [1.807, 2.05) is 5.92 Å². The van der Waals surface area contributed by atoms with Crippen LogP contribution in [0.1, 0.15) is 32.1 Å². The smallest absolute Gasteiger partial charge is 0.308 e. The fraction of sp³-hybridized carbons (Fsp3) is 0.700. The van der Waals surface area contributed by atoms with E-state index in [4.69, 9.17) is 0 Å². The van der Waals surface area contributed by atoms with E-state index < -0.39 is 11.8 Å². The van der Waals surface area contributed by atoms with Gasteiger partial charge in [-0.05, 0) is 18.8 Å². The Balaban J connectivity index is 0.00000169. The number of carbonyl (C=O) groups excluding carboxylic acids is 1. The Morgan fingerprint density at radius 2 is 2.14 bits per heavy atom. The third kappa shape index (κ3) is 3.88. The van der Waals surface area contributed by atoms with Gasteiger partial charge in [0, 0.05) is 33.4 Å². The minimum Gasteiger partial charge on any atom is -0.542 e. The molecule has 1 atom stereocenters. The van der Waals surface area contributed by atoms with Crippen molar-refractivity contribution in [2.75, 3.05) is 0 Å². The van der Waals surface area contributed by atoms with Gasteiger partial charge in [-0.2, -0.15) is 8.78 Å². The molecule has 0 aliphatic heterocycles. The van der Waals surface area contributed by atoms with Gasteiger partial charge in [-0.1, -0.05) is 12.3 Å². The standard InChI is InChI=1S/C10H11F2O.Mo/c11-10(12)7-4-2-1-3-5-9(10)6-8-13;/h9H,1-3,5-6H2;/q-1;. The quantitative estimate of drug-likeness (QED) is 0.431. The first kappa shape index (κ1) is 13.8. The van der Waals surface area contributed by atoms with Crippen molar-refractivity contribution in [1.29, 1.82) is 0 Å². The van der Waals surface area contributed by atoms with Crippen LogP contribution in [0.3, 0.4) is 0 Å². The molecular weight excluding hydrogens is 270 g/mol. The van der Waals surface area contributed by atoms with Crippen molar-refractivity contribution in [3.63, 3.8) is 0 Å². The van der Waals surface area contributed by atoms with Gasteiger partial charge in [0.2, 0.25) is 0 Å². The molecule has 0 aromatic rings. The Hall–Kier alpha value is -0.222. The number of halogens is 2. The average molecular weight is 281 g/mol. The van der Waals surface area contributed by atoms with E-state index >= 15 is 0 Å². The largest absolute Gasteiger partial charge is 0.542 e. The fourth-order valence-electron chi connectivity index (χ4n) is 1.40. The average Bonchev–Trinajstić information content (AvgIpc) is 2.06. The maximum atomic E-state index is 13.1. The molecule has 0 radical (unpaired) electrons. The molecule has 1 aliphatic rings. The number of alkyl halides is 2. The van der Waals surface area contributed by atoms with E-state index in [9.17, 15) is 13.6 Å². The van der Waals surface area contributed by atoms with Crippen LogP contribution in [0.15, 0.2) is 0 Å². The summed E-state index contributed by atoms with van der Waals surface area (Å²) in [4.78, 5) is 10.1. The third-order valence-corrected chi connectivity index (χ3v) is 2.20. The molecule has 0 amide bonds. The molecule has 1 nitrogen and oxygen atoms in total. The molecule has 0 heterocycles. The number of rotatable bonds is 2. The van der Waals surface area contributed by atoms with Crippen LogP contribution in [0.4, 0.5) is 8.78 Å². The molecular formula is C10H11F2MoO-. The van der Waals surface area contributed by atoms with Crippen molar-refractivity contribution in [2.45, 2.75) is 38.0 Å². The second kappa shape index (κ2) is 6.30. The van der Waals surface area contributed by atoms with Crippen molar-refractivity contribution in [3.8, 4) is 11.8 Å². The molecule has 0 fully saturated rings. The zero-order chi connectivity index (χ0) is 9.73. The molecule has 0 saturated carbocycles. The summed E-state index contributed by atoms with van der Waals surface area (Å²) in [5.74, 6) is 0.435. The summed E-state index contributed by atoms with van der Waals surface area (Å²) in [6.07, 6.45) is 3.81.